The van der Waals surface area contributed by atoms with Crippen LogP contribution in [0.1, 0.15) is 0 Å². The Kier molecular flexibility index (Phi) is 3.54. The predicted octanol–water partition coefficient (Wildman–Crippen LogP) is 3.08. The smallest absolute Gasteiger partial charge is 0.397 e. The summed E-state index contributed by atoms with van der Waals surface area (Å²) in [5.41, 5.74) is 5.01. The molecule has 3 N–H and O–H groups in total. The Bertz CT molecular complexity index is 434. The molecule has 1 amide bonds. The Morgan fingerprint density at radius 1 is 1.25 bits per heavy atom. The lowest BCUT2D eigenvalue weighted by atomic mass is 10.2. The lowest BCUT2D eigenvalue weighted by Gasteiger charge is -2.11. The van der Waals surface area contributed by atoms with Crippen LogP contribution in [0, 0.1) is 0 Å². The number of hydrogen-bond acceptors (Lipinski definition) is 2. The van der Waals surface area contributed by atoms with E-state index in [1.807, 2.05) is 0 Å². The van der Waals surface area contributed by atoms with Gasteiger partial charge in [-0.15, -0.1) is 0 Å². The topological polar surface area (TPSA) is 55.1 Å². The molecule has 0 radical (unpaired) electrons. The van der Waals surface area contributed by atoms with Gasteiger partial charge in [0, 0.05) is 0 Å². The maximum absolute atomic E-state index is 11.9. The van der Waals surface area contributed by atoms with Crippen molar-refractivity contribution in [3.05, 3.63) is 22.2 Å². The number of anilines is 2. The van der Waals surface area contributed by atoms with Crippen molar-refractivity contribution in [2.45, 2.75) is 6.18 Å². The molecule has 88 valence electrons. The van der Waals surface area contributed by atoms with E-state index in [-0.39, 0.29) is 21.4 Å². The van der Waals surface area contributed by atoms with Crippen molar-refractivity contribution >= 4 is 40.5 Å². The van der Waals surface area contributed by atoms with Gasteiger partial charge in [0.05, 0.1) is 21.4 Å². The summed E-state index contributed by atoms with van der Waals surface area (Å²) in [6.45, 7) is 0. The molecule has 0 saturated carbocycles. The number of nitrogens with two attached hydrogens (primary N) is 1. The molecule has 1 aromatic carbocycles. The third kappa shape index (κ3) is 2.93. The van der Waals surface area contributed by atoms with Crippen LogP contribution in [0.25, 0.3) is 0 Å². The standard InChI is InChI=1S/C8H5Cl2F3N2O/c9-3-1-5(14)6(2-4(3)10)15-7(16)8(11,12)13/h1-2H,14H2,(H,15,16). The van der Waals surface area contributed by atoms with Gasteiger partial charge in [-0.05, 0) is 12.1 Å². The second kappa shape index (κ2) is 4.39. The van der Waals surface area contributed by atoms with Gasteiger partial charge in [-0.2, -0.15) is 13.2 Å². The van der Waals surface area contributed by atoms with E-state index in [1.165, 1.54) is 0 Å². The number of hydrogen-bond donors (Lipinski definition) is 2. The van der Waals surface area contributed by atoms with Crippen molar-refractivity contribution in [3.63, 3.8) is 0 Å². The van der Waals surface area contributed by atoms with Gasteiger partial charge in [0.15, 0.2) is 0 Å². The van der Waals surface area contributed by atoms with Crippen LogP contribution in [-0.4, -0.2) is 12.1 Å². The van der Waals surface area contributed by atoms with Crippen molar-refractivity contribution in [2.75, 3.05) is 11.1 Å². The zero-order chi connectivity index (χ0) is 12.5. The molecule has 1 aromatic rings. The van der Waals surface area contributed by atoms with Crippen LogP contribution in [0.3, 0.4) is 0 Å². The fraction of sp³-hybridized carbons (Fsp3) is 0.125. The Morgan fingerprint density at radius 3 is 2.25 bits per heavy atom. The summed E-state index contributed by atoms with van der Waals surface area (Å²) >= 11 is 11.1. The van der Waals surface area contributed by atoms with E-state index in [1.54, 1.807) is 5.32 Å². The van der Waals surface area contributed by atoms with E-state index in [4.69, 9.17) is 28.9 Å². The summed E-state index contributed by atoms with van der Waals surface area (Å²) in [7, 11) is 0. The van der Waals surface area contributed by atoms with Gasteiger partial charge >= 0.3 is 12.1 Å². The maximum atomic E-state index is 11.9. The molecule has 0 aliphatic carbocycles. The molecular formula is C8H5Cl2F3N2O. The van der Waals surface area contributed by atoms with Gasteiger partial charge in [-0.1, -0.05) is 23.2 Å². The summed E-state index contributed by atoms with van der Waals surface area (Å²) in [4.78, 5) is 10.6. The average Bonchev–Trinajstić information content (AvgIpc) is 2.12. The van der Waals surface area contributed by atoms with Gasteiger partial charge in [-0.25, -0.2) is 0 Å². The zero-order valence-electron chi connectivity index (χ0n) is 7.53. The average molecular weight is 273 g/mol. The van der Waals surface area contributed by atoms with Gasteiger partial charge in [-0.3, -0.25) is 4.79 Å². The fourth-order valence-corrected chi connectivity index (χ4v) is 1.20. The van der Waals surface area contributed by atoms with E-state index in [2.05, 4.69) is 0 Å². The van der Waals surface area contributed by atoms with Crippen LogP contribution < -0.4 is 11.1 Å². The number of nitrogen functional groups attached to an aromatic ring is 1. The Balaban J connectivity index is 2.99. The van der Waals surface area contributed by atoms with Gasteiger partial charge in [0.1, 0.15) is 0 Å². The van der Waals surface area contributed by atoms with Crippen molar-refractivity contribution in [1.29, 1.82) is 0 Å². The minimum Gasteiger partial charge on any atom is -0.397 e. The van der Waals surface area contributed by atoms with Crippen LogP contribution in [-0.2, 0) is 4.79 Å². The lowest BCUT2D eigenvalue weighted by molar-refractivity contribution is -0.167. The highest BCUT2D eigenvalue weighted by molar-refractivity contribution is 6.42. The molecule has 16 heavy (non-hydrogen) atoms. The van der Waals surface area contributed by atoms with E-state index < -0.39 is 12.1 Å². The molecule has 0 heterocycles. The summed E-state index contributed by atoms with van der Waals surface area (Å²) in [5, 5.41) is 1.67. The highest BCUT2D eigenvalue weighted by Crippen LogP contribution is 2.31. The first-order chi connectivity index (χ1) is 7.21. The summed E-state index contributed by atoms with van der Waals surface area (Å²) < 4.78 is 35.8. The third-order valence-electron chi connectivity index (χ3n) is 1.60. The first kappa shape index (κ1) is 12.9. The molecule has 0 saturated heterocycles. The molecule has 0 aromatic heterocycles. The van der Waals surface area contributed by atoms with E-state index in [9.17, 15) is 18.0 Å². The molecule has 0 aliphatic heterocycles. The number of benzene rings is 1. The number of rotatable bonds is 1. The largest absolute Gasteiger partial charge is 0.471 e. The molecule has 0 unspecified atom stereocenters. The number of halogens is 5. The summed E-state index contributed by atoms with van der Waals surface area (Å²) in [6, 6.07) is 2.19. The highest BCUT2D eigenvalue weighted by Gasteiger charge is 2.38. The van der Waals surface area contributed by atoms with Crippen molar-refractivity contribution in [1.82, 2.24) is 0 Å². The fourth-order valence-electron chi connectivity index (χ4n) is 0.864. The lowest BCUT2D eigenvalue weighted by Crippen LogP contribution is -2.30. The van der Waals surface area contributed by atoms with Crippen LogP contribution in [0.15, 0.2) is 12.1 Å². The minimum absolute atomic E-state index is 0.00617. The number of alkyl halides is 3. The molecule has 8 heteroatoms. The normalized spacial score (nSPS) is 11.3. The van der Waals surface area contributed by atoms with Gasteiger partial charge in [0.2, 0.25) is 0 Å². The molecule has 0 spiro atoms. The van der Waals surface area contributed by atoms with Crippen LogP contribution in [0.5, 0.6) is 0 Å². The first-order valence-corrected chi connectivity index (χ1v) is 4.60. The molecule has 3 nitrogen and oxygen atoms in total. The van der Waals surface area contributed by atoms with Crippen molar-refractivity contribution < 1.29 is 18.0 Å². The minimum atomic E-state index is -4.99. The van der Waals surface area contributed by atoms with E-state index >= 15 is 0 Å². The highest BCUT2D eigenvalue weighted by atomic mass is 35.5. The monoisotopic (exact) mass is 272 g/mol. The molecule has 0 fully saturated rings. The molecular weight excluding hydrogens is 268 g/mol. The Morgan fingerprint density at radius 2 is 1.75 bits per heavy atom. The quantitative estimate of drug-likeness (QED) is 0.772. The SMILES string of the molecule is Nc1cc(Cl)c(Cl)cc1NC(=O)C(F)(F)F. The van der Waals surface area contributed by atoms with Gasteiger partial charge < -0.3 is 11.1 Å². The van der Waals surface area contributed by atoms with Crippen LogP contribution in [0.4, 0.5) is 24.5 Å². The van der Waals surface area contributed by atoms with E-state index in [0.29, 0.717) is 0 Å². The number of nitrogens with one attached hydrogen (secondary N) is 1. The summed E-state index contributed by atoms with van der Waals surface area (Å²) in [5.74, 6) is -2.13. The number of carbonyl (C=O) groups excluding carboxylic acids is 1. The second-order valence-corrected chi connectivity index (χ2v) is 3.62. The molecule has 0 aliphatic rings. The van der Waals surface area contributed by atoms with Gasteiger partial charge in [0.25, 0.3) is 0 Å². The summed E-state index contributed by atoms with van der Waals surface area (Å²) in [6.07, 6.45) is -4.99. The predicted molar refractivity (Wildman–Crippen MR) is 55.6 cm³/mol. The van der Waals surface area contributed by atoms with Crippen molar-refractivity contribution in [3.8, 4) is 0 Å². The molecule has 0 atom stereocenters. The van der Waals surface area contributed by atoms with Crippen molar-refractivity contribution in [2.24, 2.45) is 0 Å². The maximum Gasteiger partial charge on any atom is 0.471 e. The zero-order valence-corrected chi connectivity index (χ0v) is 9.04. The Labute approximate surface area is 98.3 Å². The first-order valence-electron chi connectivity index (χ1n) is 3.84. The Hall–Kier alpha value is -1.14. The van der Waals surface area contributed by atoms with Crippen LogP contribution >= 0.6 is 23.2 Å². The molecule has 1 rings (SSSR count). The van der Waals surface area contributed by atoms with Crippen LogP contribution in [0.2, 0.25) is 10.0 Å². The second-order valence-electron chi connectivity index (χ2n) is 2.81. The third-order valence-corrected chi connectivity index (χ3v) is 2.32. The molecule has 0 bridgehead atoms. The number of carbonyl (C=O) groups is 1. The number of amides is 1. The van der Waals surface area contributed by atoms with E-state index in [0.717, 1.165) is 12.1 Å².